The third kappa shape index (κ3) is 7.43. The molecule has 0 saturated heterocycles. The molecule has 3 N–H and O–H groups in total. The van der Waals surface area contributed by atoms with Crippen molar-refractivity contribution in [3.8, 4) is 5.75 Å². The molecule has 4 aromatic rings. The quantitative estimate of drug-likeness (QED) is 0.172. The van der Waals surface area contributed by atoms with Crippen molar-refractivity contribution < 1.29 is 29.3 Å². The number of nitrogens with one attached hydrogen (secondary N) is 1. The van der Waals surface area contributed by atoms with Crippen LogP contribution in [0.4, 0.5) is 11.4 Å². The molecular weight excluding hydrogens is 594 g/mol. The van der Waals surface area contributed by atoms with Crippen molar-refractivity contribution in [2.24, 2.45) is 5.92 Å². The van der Waals surface area contributed by atoms with E-state index in [0.29, 0.717) is 34.8 Å². The van der Waals surface area contributed by atoms with E-state index in [4.69, 9.17) is 4.74 Å². The van der Waals surface area contributed by atoms with E-state index in [1.54, 1.807) is 84.5 Å². The number of carbonyl (C=O) groups is 3. The molecule has 4 aromatic carbocycles. The first kappa shape index (κ1) is 33.1. The second-order valence-electron chi connectivity index (χ2n) is 11.5. The van der Waals surface area contributed by atoms with Crippen molar-refractivity contribution in [1.82, 2.24) is 4.90 Å². The van der Waals surface area contributed by atoms with Gasteiger partial charge in [-0.05, 0) is 53.6 Å². The first-order valence-electron chi connectivity index (χ1n) is 15.5. The highest BCUT2D eigenvalue weighted by molar-refractivity contribution is 6.07. The Morgan fingerprint density at radius 1 is 0.936 bits per heavy atom. The van der Waals surface area contributed by atoms with Crippen molar-refractivity contribution in [3.63, 3.8) is 0 Å². The molecule has 0 aromatic heterocycles. The number of benzene rings is 4. The Bertz CT molecular complexity index is 1720. The van der Waals surface area contributed by atoms with Crippen LogP contribution in [0.3, 0.4) is 0 Å². The van der Waals surface area contributed by atoms with Crippen LogP contribution in [-0.2, 0) is 28.3 Å². The maximum atomic E-state index is 13.9. The summed E-state index contributed by atoms with van der Waals surface area (Å²) in [7, 11) is 1.57. The van der Waals surface area contributed by atoms with Crippen LogP contribution >= 0.6 is 0 Å². The van der Waals surface area contributed by atoms with Crippen LogP contribution in [0.1, 0.15) is 40.4 Å². The lowest BCUT2D eigenvalue weighted by atomic mass is 9.83. The van der Waals surface area contributed by atoms with Crippen LogP contribution in [0.2, 0.25) is 0 Å². The highest BCUT2D eigenvalue weighted by Gasteiger charge is 2.52. The predicted molar refractivity (Wildman–Crippen MR) is 181 cm³/mol. The van der Waals surface area contributed by atoms with E-state index in [2.05, 4.69) is 5.32 Å². The monoisotopic (exact) mass is 633 g/mol. The number of carbonyl (C=O) groups excluding carboxylic acids is 3. The van der Waals surface area contributed by atoms with Gasteiger partial charge < -0.3 is 30.1 Å². The lowest BCUT2D eigenvalue weighted by Crippen LogP contribution is -2.44. The second kappa shape index (κ2) is 14.9. The fraction of sp³-hybridized carbons (Fsp3) is 0.237. The molecule has 242 valence electrons. The molecule has 3 amide bonds. The highest BCUT2D eigenvalue weighted by atomic mass is 16.5. The van der Waals surface area contributed by atoms with Crippen molar-refractivity contribution in [1.29, 1.82) is 0 Å². The molecule has 9 nitrogen and oxygen atoms in total. The fourth-order valence-electron chi connectivity index (χ4n) is 5.74. The molecule has 1 aliphatic rings. The molecule has 0 aliphatic carbocycles. The molecule has 0 radical (unpaired) electrons. The van der Waals surface area contributed by atoms with Gasteiger partial charge in [0.05, 0.1) is 25.9 Å². The zero-order valence-electron chi connectivity index (χ0n) is 26.5. The first-order valence-corrected chi connectivity index (χ1v) is 15.5. The summed E-state index contributed by atoms with van der Waals surface area (Å²) in [6.07, 6.45) is 3.45. The Hall–Kier alpha value is -5.25. The SMILES string of the molecule is COc1ccc(C(=O)Nc2ccc(CN3C(=O)[C@](O)([C@H](C)/C=C/CC(=O)N(CCO)Cc4ccccc4)c4ccccc43)cc2)cc1. The van der Waals surface area contributed by atoms with Gasteiger partial charge in [0, 0.05) is 42.2 Å². The molecule has 1 aliphatic heterocycles. The van der Waals surface area contributed by atoms with Gasteiger partial charge in [-0.2, -0.15) is 0 Å². The number of hydrogen-bond acceptors (Lipinski definition) is 6. The van der Waals surface area contributed by atoms with E-state index >= 15 is 0 Å². The number of aliphatic hydroxyl groups excluding tert-OH is 1. The molecule has 9 heteroatoms. The third-order valence-corrected chi connectivity index (χ3v) is 8.40. The Kier molecular flexibility index (Phi) is 10.5. The average molecular weight is 634 g/mol. The summed E-state index contributed by atoms with van der Waals surface area (Å²) in [6.45, 7) is 2.41. The maximum absolute atomic E-state index is 13.9. The molecular formula is C38H39N3O6. The summed E-state index contributed by atoms with van der Waals surface area (Å²) < 4.78 is 5.15. The van der Waals surface area contributed by atoms with Crippen LogP contribution in [0.5, 0.6) is 5.75 Å². The Morgan fingerprint density at radius 3 is 2.30 bits per heavy atom. The van der Waals surface area contributed by atoms with Crippen molar-refractivity contribution in [2.75, 3.05) is 30.5 Å². The van der Waals surface area contributed by atoms with Crippen LogP contribution < -0.4 is 15.0 Å². The first-order chi connectivity index (χ1) is 22.7. The van der Waals surface area contributed by atoms with E-state index < -0.39 is 17.4 Å². The van der Waals surface area contributed by atoms with Gasteiger partial charge in [-0.15, -0.1) is 0 Å². The Morgan fingerprint density at radius 2 is 1.62 bits per heavy atom. The topological polar surface area (TPSA) is 119 Å². The number of aliphatic hydroxyl groups is 2. The minimum absolute atomic E-state index is 0.0636. The van der Waals surface area contributed by atoms with Crippen LogP contribution in [0, 0.1) is 5.92 Å². The lowest BCUT2D eigenvalue weighted by molar-refractivity contribution is -0.139. The number of nitrogens with zero attached hydrogens (tertiary/aromatic N) is 2. The molecule has 0 spiro atoms. The summed E-state index contributed by atoms with van der Waals surface area (Å²) in [5.74, 6) is -0.844. The number of hydrogen-bond donors (Lipinski definition) is 3. The van der Waals surface area contributed by atoms with Gasteiger partial charge in [0.25, 0.3) is 11.8 Å². The molecule has 1 heterocycles. The number of anilines is 2. The number of methoxy groups -OCH3 is 1. The Balaban J connectivity index is 1.25. The zero-order chi connectivity index (χ0) is 33.4. The fourth-order valence-corrected chi connectivity index (χ4v) is 5.74. The van der Waals surface area contributed by atoms with E-state index in [1.165, 1.54) is 0 Å². The smallest absolute Gasteiger partial charge is 0.264 e. The number of rotatable bonds is 13. The summed E-state index contributed by atoms with van der Waals surface area (Å²) in [6, 6.07) is 30.8. The molecule has 0 bridgehead atoms. The maximum Gasteiger partial charge on any atom is 0.264 e. The summed E-state index contributed by atoms with van der Waals surface area (Å²) in [5, 5.41) is 24.3. The predicted octanol–water partition coefficient (Wildman–Crippen LogP) is 5.29. The van der Waals surface area contributed by atoms with Crippen LogP contribution in [0.15, 0.2) is 115 Å². The van der Waals surface area contributed by atoms with Crippen molar-refractivity contribution >= 4 is 29.1 Å². The minimum atomic E-state index is -1.82. The molecule has 0 fully saturated rings. The Labute approximate surface area is 274 Å². The normalized spacial score (nSPS) is 16.2. The molecule has 0 unspecified atom stereocenters. The van der Waals surface area contributed by atoms with E-state index in [1.807, 2.05) is 54.6 Å². The number of fused-ring (bicyclic) bond motifs is 1. The van der Waals surface area contributed by atoms with Gasteiger partial charge in [0.2, 0.25) is 5.91 Å². The van der Waals surface area contributed by atoms with Crippen molar-refractivity contribution in [2.45, 2.75) is 32.0 Å². The summed E-state index contributed by atoms with van der Waals surface area (Å²) >= 11 is 0. The number of amides is 3. The average Bonchev–Trinajstić information content (AvgIpc) is 3.31. The molecule has 0 saturated carbocycles. The van der Waals surface area contributed by atoms with Gasteiger partial charge in [0.15, 0.2) is 5.60 Å². The van der Waals surface area contributed by atoms with E-state index in [9.17, 15) is 24.6 Å². The molecule has 47 heavy (non-hydrogen) atoms. The van der Waals surface area contributed by atoms with Crippen molar-refractivity contribution in [3.05, 3.63) is 138 Å². The van der Waals surface area contributed by atoms with Crippen LogP contribution in [0.25, 0.3) is 0 Å². The summed E-state index contributed by atoms with van der Waals surface area (Å²) in [5.41, 5.74) is 2.17. The van der Waals surface area contributed by atoms with Gasteiger partial charge in [-0.25, -0.2) is 0 Å². The highest BCUT2D eigenvalue weighted by Crippen LogP contribution is 2.45. The number of ether oxygens (including phenoxy) is 1. The van der Waals surface area contributed by atoms with Gasteiger partial charge >= 0.3 is 0 Å². The standard InChI is InChI=1S/C38H39N3O6/c1-27(9-8-14-35(43)40(23-24-42)25-28-10-4-3-5-11-28)38(46)33-12-6-7-13-34(33)41(37(38)45)26-29-15-19-31(20-16-29)39-36(44)30-17-21-32(47-2)22-18-30/h3-13,15-22,27,42,46H,14,23-26H2,1-2H3,(H,39,44)/b9-8+/t27-,38+/m1/s1. The van der Waals surface area contributed by atoms with Gasteiger partial charge in [-0.1, -0.05) is 79.7 Å². The van der Waals surface area contributed by atoms with E-state index in [0.717, 1.165) is 11.1 Å². The lowest BCUT2D eigenvalue weighted by Gasteiger charge is -2.28. The van der Waals surface area contributed by atoms with Gasteiger partial charge in [-0.3, -0.25) is 14.4 Å². The number of para-hydroxylation sites is 1. The van der Waals surface area contributed by atoms with Gasteiger partial charge in [0.1, 0.15) is 5.75 Å². The minimum Gasteiger partial charge on any atom is -0.497 e. The molecule has 5 rings (SSSR count). The summed E-state index contributed by atoms with van der Waals surface area (Å²) in [4.78, 5) is 42.8. The van der Waals surface area contributed by atoms with E-state index in [-0.39, 0.29) is 37.9 Å². The molecule has 2 atom stereocenters. The van der Waals surface area contributed by atoms with Crippen LogP contribution in [-0.4, -0.2) is 53.1 Å². The largest absolute Gasteiger partial charge is 0.497 e. The third-order valence-electron chi connectivity index (χ3n) is 8.40. The second-order valence-corrected chi connectivity index (χ2v) is 11.5. The zero-order valence-corrected chi connectivity index (χ0v) is 26.5.